The molecular formula is C23H21N5O3. The van der Waals surface area contributed by atoms with Crippen LogP contribution in [0, 0.1) is 11.3 Å². The topological polar surface area (TPSA) is 116 Å². The summed E-state index contributed by atoms with van der Waals surface area (Å²) in [5.74, 6) is 0.436. The number of hydrogen-bond acceptors (Lipinski definition) is 7. The average Bonchev–Trinajstić information content (AvgIpc) is 2.78. The van der Waals surface area contributed by atoms with Crippen LogP contribution < -0.4 is 20.7 Å². The Labute approximate surface area is 179 Å². The van der Waals surface area contributed by atoms with Crippen LogP contribution in [0.3, 0.4) is 0 Å². The summed E-state index contributed by atoms with van der Waals surface area (Å²) in [6.45, 7) is 2.64. The molecule has 156 valence electrons. The summed E-state index contributed by atoms with van der Waals surface area (Å²) in [5, 5.41) is 18.0. The minimum Gasteiger partial charge on any atom is -0.427 e. The van der Waals surface area contributed by atoms with Crippen molar-refractivity contribution in [3.05, 3.63) is 78.0 Å². The maximum absolute atomic E-state index is 12.4. The third-order valence-electron chi connectivity index (χ3n) is 4.17. The normalized spacial score (nSPS) is 9.94. The molecule has 1 amide bonds. The van der Waals surface area contributed by atoms with E-state index >= 15 is 0 Å². The number of nitriles is 1. The molecule has 8 heteroatoms. The van der Waals surface area contributed by atoms with Gasteiger partial charge in [-0.15, -0.1) is 0 Å². The number of anilines is 3. The van der Waals surface area contributed by atoms with E-state index in [0.29, 0.717) is 41.5 Å². The van der Waals surface area contributed by atoms with Crippen molar-refractivity contribution in [1.29, 1.82) is 5.26 Å². The van der Waals surface area contributed by atoms with Gasteiger partial charge in [0.2, 0.25) is 0 Å². The highest BCUT2D eigenvalue weighted by atomic mass is 16.5. The molecule has 8 nitrogen and oxygen atoms in total. The number of esters is 1. The highest BCUT2D eigenvalue weighted by Gasteiger charge is 2.07. The molecule has 0 bridgehead atoms. The summed E-state index contributed by atoms with van der Waals surface area (Å²) in [7, 11) is 0. The molecule has 0 aliphatic rings. The van der Waals surface area contributed by atoms with E-state index in [4.69, 9.17) is 10.00 Å². The van der Waals surface area contributed by atoms with Crippen molar-refractivity contribution in [1.82, 2.24) is 4.98 Å². The molecule has 3 N–H and O–H groups in total. The summed E-state index contributed by atoms with van der Waals surface area (Å²) >= 11 is 0. The fraction of sp³-hybridized carbons (Fsp3) is 0.130. The van der Waals surface area contributed by atoms with Crippen LogP contribution >= 0.6 is 0 Å². The Morgan fingerprint density at radius 2 is 1.61 bits per heavy atom. The number of nitrogens with one attached hydrogen (secondary N) is 3. The average molecular weight is 415 g/mol. The van der Waals surface area contributed by atoms with Crippen molar-refractivity contribution >= 4 is 29.1 Å². The van der Waals surface area contributed by atoms with Gasteiger partial charge in [-0.2, -0.15) is 5.26 Å². The van der Waals surface area contributed by atoms with Crippen molar-refractivity contribution < 1.29 is 14.3 Å². The maximum Gasteiger partial charge on any atom is 0.308 e. The Morgan fingerprint density at radius 3 is 2.23 bits per heavy atom. The lowest BCUT2D eigenvalue weighted by atomic mass is 10.2. The summed E-state index contributed by atoms with van der Waals surface area (Å²) < 4.78 is 4.96. The number of nitrogens with zero attached hydrogens (tertiary/aromatic N) is 2. The number of ether oxygens (including phenoxy) is 1. The van der Waals surface area contributed by atoms with Gasteiger partial charge in [0.25, 0.3) is 5.91 Å². The van der Waals surface area contributed by atoms with Crippen LogP contribution in [0.5, 0.6) is 5.75 Å². The van der Waals surface area contributed by atoms with E-state index in [0.717, 1.165) is 5.69 Å². The van der Waals surface area contributed by atoms with E-state index in [1.807, 2.05) is 30.3 Å². The SMILES string of the molecule is CC(=O)Oc1ccc(C(=O)Nc2ccc(NCCNc3ccc(C#N)cn3)cc2)cc1. The lowest BCUT2D eigenvalue weighted by molar-refractivity contribution is -0.131. The minimum atomic E-state index is -0.410. The Hall–Kier alpha value is -4.38. The number of benzene rings is 2. The van der Waals surface area contributed by atoms with Gasteiger partial charge in [-0.25, -0.2) is 4.98 Å². The number of aromatic nitrogens is 1. The maximum atomic E-state index is 12.4. The molecule has 0 radical (unpaired) electrons. The van der Waals surface area contributed by atoms with Gasteiger partial charge in [0, 0.05) is 43.1 Å². The van der Waals surface area contributed by atoms with Crippen molar-refractivity contribution in [3.63, 3.8) is 0 Å². The van der Waals surface area contributed by atoms with E-state index in [-0.39, 0.29) is 5.91 Å². The van der Waals surface area contributed by atoms with Crippen LogP contribution in [0.2, 0.25) is 0 Å². The first kappa shape index (κ1) is 21.3. The fourth-order valence-corrected chi connectivity index (χ4v) is 2.68. The molecule has 0 spiro atoms. The molecule has 0 aliphatic heterocycles. The lowest BCUT2D eigenvalue weighted by Gasteiger charge is -2.10. The number of pyridine rings is 1. The Bertz CT molecular complexity index is 1070. The summed E-state index contributed by atoms with van der Waals surface area (Å²) in [5.41, 5.74) is 2.56. The zero-order valence-corrected chi connectivity index (χ0v) is 16.9. The predicted molar refractivity (Wildman–Crippen MR) is 118 cm³/mol. The first-order valence-electron chi connectivity index (χ1n) is 9.57. The number of carbonyl (C=O) groups is 2. The molecule has 3 rings (SSSR count). The fourth-order valence-electron chi connectivity index (χ4n) is 2.68. The molecule has 0 fully saturated rings. The van der Waals surface area contributed by atoms with Gasteiger partial charge >= 0.3 is 5.97 Å². The van der Waals surface area contributed by atoms with E-state index in [2.05, 4.69) is 20.9 Å². The molecular weight excluding hydrogens is 394 g/mol. The monoisotopic (exact) mass is 415 g/mol. The zero-order valence-electron chi connectivity index (χ0n) is 16.9. The lowest BCUT2D eigenvalue weighted by Crippen LogP contribution is -2.14. The van der Waals surface area contributed by atoms with E-state index in [9.17, 15) is 9.59 Å². The minimum absolute atomic E-state index is 0.255. The number of rotatable bonds is 8. The standard InChI is InChI=1S/C23H21N5O3/c1-16(29)31-21-9-3-18(4-10-21)23(30)28-20-7-5-19(6-8-20)25-12-13-26-22-11-2-17(14-24)15-27-22/h2-11,15,25H,12-13H2,1H3,(H,26,27)(H,28,30). The Morgan fingerprint density at radius 1 is 0.935 bits per heavy atom. The predicted octanol–water partition coefficient (Wildman–Crippen LogP) is 3.65. The highest BCUT2D eigenvalue weighted by Crippen LogP contribution is 2.16. The zero-order chi connectivity index (χ0) is 22.1. The van der Waals surface area contributed by atoms with Crippen LogP contribution in [0.1, 0.15) is 22.8 Å². The van der Waals surface area contributed by atoms with Crippen molar-refractivity contribution in [2.45, 2.75) is 6.92 Å². The van der Waals surface area contributed by atoms with Gasteiger partial charge in [0.1, 0.15) is 17.6 Å². The Balaban J connectivity index is 1.44. The van der Waals surface area contributed by atoms with Crippen LogP contribution in [-0.2, 0) is 4.79 Å². The third kappa shape index (κ3) is 6.58. The largest absolute Gasteiger partial charge is 0.427 e. The quantitative estimate of drug-likeness (QED) is 0.292. The van der Waals surface area contributed by atoms with Crippen molar-refractivity contribution in [2.24, 2.45) is 0 Å². The first-order valence-corrected chi connectivity index (χ1v) is 9.57. The van der Waals surface area contributed by atoms with Gasteiger partial charge in [-0.1, -0.05) is 0 Å². The molecule has 0 saturated carbocycles. The van der Waals surface area contributed by atoms with Crippen LogP contribution in [0.15, 0.2) is 66.9 Å². The summed E-state index contributed by atoms with van der Waals surface area (Å²) in [4.78, 5) is 27.5. The van der Waals surface area contributed by atoms with Gasteiger partial charge in [-0.3, -0.25) is 9.59 Å². The number of hydrogen-bond donors (Lipinski definition) is 3. The highest BCUT2D eigenvalue weighted by molar-refractivity contribution is 6.04. The molecule has 0 aliphatic carbocycles. The summed E-state index contributed by atoms with van der Waals surface area (Å²) in [6.07, 6.45) is 1.52. The van der Waals surface area contributed by atoms with E-state index in [1.165, 1.54) is 13.1 Å². The summed E-state index contributed by atoms with van der Waals surface area (Å²) in [6, 6.07) is 19.2. The molecule has 1 aromatic heterocycles. The number of carbonyl (C=O) groups excluding carboxylic acids is 2. The van der Waals surface area contributed by atoms with E-state index < -0.39 is 5.97 Å². The van der Waals surface area contributed by atoms with Crippen LogP contribution in [0.4, 0.5) is 17.2 Å². The number of amides is 1. The molecule has 3 aromatic rings. The van der Waals surface area contributed by atoms with Crippen molar-refractivity contribution in [2.75, 3.05) is 29.0 Å². The third-order valence-corrected chi connectivity index (χ3v) is 4.17. The van der Waals surface area contributed by atoms with Gasteiger partial charge in [0.15, 0.2) is 0 Å². The molecule has 2 aromatic carbocycles. The van der Waals surface area contributed by atoms with Crippen LogP contribution in [-0.4, -0.2) is 29.9 Å². The van der Waals surface area contributed by atoms with E-state index in [1.54, 1.807) is 36.4 Å². The van der Waals surface area contributed by atoms with Gasteiger partial charge in [-0.05, 0) is 60.7 Å². The molecule has 0 unspecified atom stereocenters. The van der Waals surface area contributed by atoms with Gasteiger partial charge in [0.05, 0.1) is 5.56 Å². The smallest absolute Gasteiger partial charge is 0.308 e. The molecule has 1 heterocycles. The Kier molecular flexibility index (Phi) is 7.16. The van der Waals surface area contributed by atoms with Gasteiger partial charge < -0.3 is 20.7 Å². The van der Waals surface area contributed by atoms with Crippen LogP contribution in [0.25, 0.3) is 0 Å². The first-order chi connectivity index (χ1) is 15.0. The van der Waals surface area contributed by atoms with Crippen molar-refractivity contribution in [3.8, 4) is 11.8 Å². The molecule has 31 heavy (non-hydrogen) atoms. The molecule has 0 saturated heterocycles. The second kappa shape index (κ2) is 10.4. The molecule has 0 atom stereocenters. The second-order valence-electron chi connectivity index (χ2n) is 6.55. The second-order valence-corrected chi connectivity index (χ2v) is 6.55.